The first kappa shape index (κ1) is 15.3. The van der Waals surface area contributed by atoms with E-state index in [2.05, 4.69) is 10.3 Å². The lowest BCUT2D eigenvalue weighted by atomic mass is 10.2. The number of nitrogens with one attached hydrogen (secondary N) is 1. The SMILES string of the molecule is O[n+]1cccc(-c2csc(Nc3cccc(C(F)(F)F)c3)n2)c1. The molecule has 23 heavy (non-hydrogen) atoms. The third-order valence-electron chi connectivity index (χ3n) is 3.03. The summed E-state index contributed by atoms with van der Waals surface area (Å²) in [7, 11) is 0. The second-order valence-corrected chi connectivity index (χ2v) is 5.57. The first-order valence-electron chi connectivity index (χ1n) is 6.52. The number of aromatic nitrogens is 2. The number of thiazole rings is 1. The Morgan fingerprint density at radius 3 is 2.74 bits per heavy atom. The highest BCUT2D eigenvalue weighted by Gasteiger charge is 2.30. The average molecular weight is 338 g/mol. The lowest BCUT2D eigenvalue weighted by Crippen LogP contribution is -2.28. The lowest BCUT2D eigenvalue weighted by molar-refractivity contribution is -0.904. The molecule has 1 aromatic carbocycles. The molecular formula is C15H11F3N3OS+. The predicted molar refractivity (Wildman–Crippen MR) is 79.7 cm³/mol. The number of halogens is 3. The second-order valence-electron chi connectivity index (χ2n) is 4.71. The fraction of sp³-hybridized carbons (Fsp3) is 0.0667. The van der Waals surface area contributed by atoms with E-state index in [1.165, 1.54) is 29.8 Å². The van der Waals surface area contributed by atoms with Gasteiger partial charge in [-0.05, 0) is 24.3 Å². The molecule has 0 spiro atoms. The Bertz CT molecular complexity index is 833. The summed E-state index contributed by atoms with van der Waals surface area (Å²) in [6.45, 7) is 0. The summed E-state index contributed by atoms with van der Waals surface area (Å²) in [6, 6.07) is 8.37. The normalized spacial score (nSPS) is 11.4. The number of rotatable bonds is 3. The number of pyridine rings is 1. The van der Waals surface area contributed by atoms with Gasteiger partial charge in [0.25, 0.3) is 0 Å². The number of hydrogen-bond donors (Lipinski definition) is 2. The molecule has 0 bridgehead atoms. The fourth-order valence-corrected chi connectivity index (χ4v) is 2.72. The summed E-state index contributed by atoms with van der Waals surface area (Å²) < 4.78 is 39.0. The smallest absolute Gasteiger partial charge is 0.332 e. The maximum Gasteiger partial charge on any atom is 0.416 e. The van der Waals surface area contributed by atoms with Crippen molar-refractivity contribution < 1.29 is 23.1 Å². The van der Waals surface area contributed by atoms with Crippen LogP contribution >= 0.6 is 11.3 Å². The number of anilines is 2. The van der Waals surface area contributed by atoms with Crippen molar-refractivity contribution in [2.45, 2.75) is 6.18 Å². The molecule has 8 heteroatoms. The summed E-state index contributed by atoms with van der Waals surface area (Å²) in [6.07, 6.45) is -1.43. The highest BCUT2D eigenvalue weighted by Crippen LogP contribution is 2.32. The standard InChI is InChI=1S/C15H11F3N3OS/c16-15(17,18)11-4-1-5-12(7-11)19-14-20-13(9-23-14)10-3-2-6-21(22)8-10/h1-9,22H,(H,19,20)/q+1. The summed E-state index contributed by atoms with van der Waals surface area (Å²) in [5.74, 6) is 0. The molecule has 0 aliphatic heterocycles. The molecule has 3 aromatic rings. The van der Waals surface area contributed by atoms with E-state index < -0.39 is 11.7 Å². The maximum atomic E-state index is 12.7. The van der Waals surface area contributed by atoms with Gasteiger partial charge in [0.15, 0.2) is 5.13 Å². The monoisotopic (exact) mass is 338 g/mol. The van der Waals surface area contributed by atoms with E-state index in [4.69, 9.17) is 0 Å². The molecule has 0 aliphatic rings. The van der Waals surface area contributed by atoms with Crippen LogP contribution < -0.4 is 10.0 Å². The van der Waals surface area contributed by atoms with Gasteiger partial charge < -0.3 is 5.32 Å². The van der Waals surface area contributed by atoms with E-state index in [-0.39, 0.29) is 0 Å². The van der Waals surface area contributed by atoms with Gasteiger partial charge in [-0.15, -0.1) is 11.3 Å². The van der Waals surface area contributed by atoms with E-state index in [1.807, 2.05) is 0 Å². The molecule has 0 amide bonds. The largest absolute Gasteiger partial charge is 0.416 e. The zero-order chi connectivity index (χ0) is 16.4. The van der Waals surface area contributed by atoms with E-state index >= 15 is 0 Å². The van der Waals surface area contributed by atoms with Crippen LogP contribution in [0.15, 0.2) is 54.2 Å². The minimum atomic E-state index is -4.38. The van der Waals surface area contributed by atoms with E-state index in [0.717, 1.165) is 16.9 Å². The van der Waals surface area contributed by atoms with E-state index in [1.54, 1.807) is 23.6 Å². The van der Waals surface area contributed by atoms with Crippen LogP contribution in [0.2, 0.25) is 0 Å². The number of alkyl halides is 3. The van der Waals surface area contributed by atoms with Gasteiger partial charge in [0.1, 0.15) is 0 Å². The highest BCUT2D eigenvalue weighted by molar-refractivity contribution is 7.14. The molecule has 2 N–H and O–H groups in total. The van der Waals surface area contributed by atoms with Crippen LogP contribution in [0.5, 0.6) is 0 Å². The van der Waals surface area contributed by atoms with Crippen LogP contribution in [0.4, 0.5) is 24.0 Å². The Balaban J connectivity index is 1.82. The Hall–Kier alpha value is -2.61. The molecule has 0 saturated heterocycles. The van der Waals surface area contributed by atoms with Crippen LogP contribution in [-0.2, 0) is 6.18 Å². The molecule has 2 aromatic heterocycles. The van der Waals surface area contributed by atoms with E-state index in [0.29, 0.717) is 22.1 Å². The lowest BCUT2D eigenvalue weighted by Gasteiger charge is -2.08. The summed E-state index contributed by atoms with van der Waals surface area (Å²) >= 11 is 1.26. The fourth-order valence-electron chi connectivity index (χ4n) is 1.98. The van der Waals surface area contributed by atoms with Gasteiger partial charge in [-0.3, -0.25) is 5.21 Å². The number of hydrogen-bond acceptors (Lipinski definition) is 4. The molecule has 0 aliphatic carbocycles. The van der Waals surface area contributed by atoms with E-state index in [9.17, 15) is 18.4 Å². The minimum Gasteiger partial charge on any atom is -0.332 e. The maximum absolute atomic E-state index is 12.7. The Kier molecular flexibility index (Phi) is 3.91. The molecule has 0 unspecified atom stereocenters. The van der Waals surface area contributed by atoms with Crippen molar-refractivity contribution in [1.29, 1.82) is 0 Å². The van der Waals surface area contributed by atoms with Gasteiger partial charge in [-0.2, -0.15) is 13.2 Å². The van der Waals surface area contributed by atoms with Crippen LogP contribution in [0, 0.1) is 0 Å². The van der Waals surface area contributed by atoms with Gasteiger partial charge >= 0.3 is 6.18 Å². The molecule has 118 valence electrons. The zero-order valence-electron chi connectivity index (χ0n) is 11.6. The number of benzene rings is 1. The third kappa shape index (κ3) is 3.59. The first-order chi connectivity index (χ1) is 10.9. The molecular weight excluding hydrogens is 327 g/mol. The van der Waals surface area contributed by atoms with Crippen molar-refractivity contribution in [2.75, 3.05) is 5.32 Å². The summed E-state index contributed by atoms with van der Waals surface area (Å²) in [4.78, 5) is 4.31. The Labute approximate surface area is 133 Å². The van der Waals surface area contributed by atoms with Gasteiger partial charge in [-0.25, -0.2) is 4.98 Å². The number of nitrogens with zero attached hydrogens (tertiary/aromatic N) is 2. The summed E-state index contributed by atoms with van der Waals surface area (Å²) in [5, 5.41) is 14.5. The van der Waals surface area contributed by atoms with Crippen LogP contribution in [-0.4, -0.2) is 10.2 Å². The third-order valence-corrected chi connectivity index (χ3v) is 3.78. The molecule has 3 rings (SSSR count). The van der Waals surface area contributed by atoms with Crippen LogP contribution in [0.3, 0.4) is 0 Å². The van der Waals surface area contributed by atoms with Gasteiger partial charge in [-0.1, -0.05) is 6.07 Å². The molecule has 0 fully saturated rings. The van der Waals surface area contributed by atoms with Crippen molar-refractivity contribution in [2.24, 2.45) is 0 Å². The van der Waals surface area contributed by atoms with Gasteiger partial charge in [0.05, 0.1) is 16.8 Å². The van der Waals surface area contributed by atoms with Crippen molar-refractivity contribution >= 4 is 22.2 Å². The van der Waals surface area contributed by atoms with Crippen LogP contribution in [0.25, 0.3) is 11.3 Å². The predicted octanol–water partition coefficient (Wildman–Crippen LogP) is 4.10. The summed E-state index contributed by atoms with van der Waals surface area (Å²) in [5.41, 5.74) is 0.908. The minimum absolute atomic E-state index is 0.311. The van der Waals surface area contributed by atoms with Crippen LogP contribution in [0.1, 0.15) is 5.56 Å². The Morgan fingerprint density at radius 1 is 1.17 bits per heavy atom. The Morgan fingerprint density at radius 2 is 2.00 bits per heavy atom. The van der Waals surface area contributed by atoms with Gasteiger partial charge in [0.2, 0.25) is 12.4 Å². The molecule has 0 radical (unpaired) electrons. The molecule has 0 atom stereocenters. The topological polar surface area (TPSA) is 49.0 Å². The average Bonchev–Trinajstić information content (AvgIpc) is 2.95. The highest BCUT2D eigenvalue weighted by atomic mass is 32.1. The van der Waals surface area contributed by atoms with Crippen molar-refractivity contribution in [3.05, 3.63) is 59.7 Å². The van der Waals surface area contributed by atoms with Crippen molar-refractivity contribution in [3.63, 3.8) is 0 Å². The van der Waals surface area contributed by atoms with Crippen molar-refractivity contribution in [1.82, 2.24) is 4.98 Å². The molecule has 2 heterocycles. The molecule has 0 saturated carbocycles. The quantitative estimate of drug-likeness (QED) is 0.558. The first-order valence-corrected chi connectivity index (χ1v) is 7.40. The zero-order valence-corrected chi connectivity index (χ0v) is 12.4. The van der Waals surface area contributed by atoms with Gasteiger partial charge in [0, 0.05) is 21.9 Å². The molecule has 4 nitrogen and oxygen atoms in total. The second kappa shape index (κ2) is 5.88. The van der Waals surface area contributed by atoms with Crippen molar-refractivity contribution in [3.8, 4) is 11.3 Å².